The van der Waals surface area contributed by atoms with E-state index in [9.17, 15) is 0 Å². The molecule has 0 bridgehead atoms. The Morgan fingerprint density at radius 1 is 1.36 bits per heavy atom. The Kier molecular flexibility index (Phi) is 6.95. The van der Waals surface area contributed by atoms with Gasteiger partial charge in [-0.25, -0.2) is 0 Å². The maximum Gasteiger partial charge on any atom is 0.0933 e. The molecule has 1 rings (SSSR count). The lowest BCUT2D eigenvalue weighted by atomic mass is 10.3. The van der Waals surface area contributed by atoms with Crippen LogP contribution in [0.4, 0.5) is 0 Å². The molecule has 0 amide bonds. The second-order valence-electron chi connectivity index (χ2n) is 3.38. The van der Waals surface area contributed by atoms with E-state index in [0.29, 0.717) is 6.61 Å². The molecule has 1 saturated heterocycles. The van der Waals surface area contributed by atoms with Crippen molar-refractivity contribution in [2.75, 3.05) is 46.1 Å². The van der Waals surface area contributed by atoms with Gasteiger partial charge in [-0.05, 0) is 6.42 Å². The summed E-state index contributed by atoms with van der Waals surface area (Å²) in [5.41, 5.74) is 0. The summed E-state index contributed by atoms with van der Waals surface area (Å²) in [6.07, 6.45) is 1.30. The molecule has 0 aromatic heterocycles. The third-order valence-electron chi connectivity index (χ3n) is 2.03. The summed E-state index contributed by atoms with van der Waals surface area (Å²) >= 11 is 0. The van der Waals surface area contributed by atoms with Crippen LogP contribution in [0.3, 0.4) is 0 Å². The van der Waals surface area contributed by atoms with Crippen LogP contribution in [-0.4, -0.2) is 52.2 Å². The highest BCUT2D eigenvalue weighted by Crippen LogP contribution is 1.98. The first kappa shape index (κ1) is 11.9. The van der Waals surface area contributed by atoms with Crippen molar-refractivity contribution >= 4 is 0 Å². The van der Waals surface area contributed by atoms with Gasteiger partial charge >= 0.3 is 0 Å². The fraction of sp³-hybridized carbons (Fsp3) is 1.00. The van der Waals surface area contributed by atoms with E-state index in [2.05, 4.69) is 12.2 Å². The third kappa shape index (κ3) is 5.54. The Labute approximate surface area is 85.9 Å². The standard InChI is InChI=1S/C10H21NO3/c1-2-4-12-5-3-11-8-10-9-13-6-7-14-10/h10-11H,2-9H2,1H3. The number of hydrogen-bond donors (Lipinski definition) is 1. The van der Waals surface area contributed by atoms with Crippen molar-refractivity contribution in [2.24, 2.45) is 0 Å². The maximum absolute atomic E-state index is 5.48. The van der Waals surface area contributed by atoms with Gasteiger partial charge in [-0.3, -0.25) is 0 Å². The van der Waals surface area contributed by atoms with Gasteiger partial charge in [0, 0.05) is 19.7 Å². The summed E-state index contributed by atoms with van der Waals surface area (Å²) in [5.74, 6) is 0. The summed E-state index contributed by atoms with van der Waals surface area (Å²) in [7, 11) is 0. The molecular weight excluding hydrogens is 182 g/mol. The van der Waals surface area contributed by atoms with Crippen molar-refractivity contribution in [2.45, 2.75) is 19.4 Å². The Morgan fingerprint density at radius 2 is 2.29 bits per heavy atom. The summed E-state index contributed by atoms with van der Waals surface area (Å²) < 4.78 is 16.1. The first-order valence-corrected chi connectivity index (χ1v) is 5.41. The van der Waals surface area contributed by atoms with Crippen LogP contribution in [0.15, 0.2) is 0 Å². The summed E-state index contributed by atoms with van der Waals surface area (Å²) in [4.78, 5) is 0. The van der Waals surface area contributed by atoms with Crippen molar-refractivity contribution < 1.29 is 14.2 Å². The zero-order chi connectivity index (χ0) is 10.1. The first-order valence-electron chi connectivity index (χ1n) is 5.41. The van der Waals surface area contributed by atoms with Crippen LogP contribution in [0.5, 0.6) is 0 Å². The molecule has 0 aromatic rings. The third-order valence-corrected chi connectivity index (χ3v) is 2.03. The van der Waals surface area contributed by atoms with Gasteiger partial charge in [0.25, 0.3) is 0 Å². The minimum absolute atomic E-state index is 0.218. The fourth-order valence-corrected chi connectivity index (χ4v) is 1.31. The minimum atomic E-state index is 0.218. The summed E-state index contributed by atoms with van der Waals surface area (Å²) in [6.45, 7) is 7.65. The van der Waals surface area contributed by atoms with Gasteiger partial charge in [-0.2, -0.15) is 0 Å². The van der Waals surface area contributed by atoms with Crippen LogP contribution in [0, 0.1) is 0 Å². The van der Waals surface area contributed by atoms with Gasteiger partial charge in [-0.15, -0.1) is 0 Å². The van der Waals surface area contributed by atoms with Gasteiger partial charge < -0.3 is 19.5 Å². The molecule has 1 unspecified atom stereocenters. The predicted octanol–water partition coefficient (Wildman–Crippen LogP) is 0.418. The molecule has 0 radical (unpaired) electrons. The minimum Gasteiger partial charge on any atom is -0.380 e. The van der Waals surface area contributed by atoms with Crippen LogP contribution in [0.25, 0.3) is 0 Å². The smallest absolute Gasteiger partial charge is 0.0933 e. The molecule has 1 aliphatic rings. The van der Waals surface area contributed by atoms with E-state index in [1.54, 1.807) is 0 Å². The average molecular weight is 203 g/mol. The first-order chi connectivity index (χ1) is 6.93. The molecule has 4 heteroatoms. The van der Waals surface area contributed by atoms with Crippen molar-refractivity contribution in [1.29, 1.82) is 0 Å². The molecule has 0 saturated carbocycles. The van der Waals surface area contributed by atoms with Crippen LogP contribution in [-0.2, 0) is 14.2 Å². The molecule has 14 heavy (non-hydrogen) atoms. The van der Waals surface area contributed by atoms with E-state index >= 15 is 0 Å². The molecule has 1 atom stereocenters. The summed E-state index contributed by atoms with van der Waals surface area (Å²) in [6, 6.07) is 0. The SMILES string of the molecule is CCCOCCNCC1COCCO1. The zero-order valence-corrected chi connectivity index (χ0v) is 8.96. The van der Waals surface area contributed by atoms with E-state index < -0.39 is 0 Å². The predicted molar refractivity (Wildman–Crippen MR) is 54.5 cm³/mol. The van der Waals surface area contributed by atoms with E-state index in [0.717, 1.165) is 45.9 Å². The molecule has 0 aromatic carbocycles. The van der Waals surface area contributed by atoms with E-state index in [1.807, 2.05) is 0 Å². The highest BCUT2D eigenvalue weighted by Gasteiger charge is 2.12. The molecule has 1 N–H and O–H groups in total. The molecule has 4 nitrogen and oxygen atoms in total. The lowest BCUT2D eigenvalue weighted by molar-refractivity contribution is -0.0865. The highest BCUT2D eigenvalue weighted by atomic mass is 16.6. The molecule has 0 spiro atoms. The molecule has 1 fully saturated rings. The van der Waals surface area contributed by atoms with Crippen molar-refractivity contribution in [3.05, 3.63) is 0 Å². The van der Waals surface area contributed by atoms with Gasteiger partial charge in [0.15, 0.2) is 0 Å². The van der Waals surface area contributed by atoms with E-state index in [1.165, 1.54) is 0 Å². The van der Waals surface area contributed by atoms with E-state index in [-0.39, 0.29) is 6.10 Å². The average Bonchev–Trinajstić information content (AvgIpc) is 2.25. The topological polar surface area (TPSA) is 39.7 Å². The second kappa shape index (κ2) is 8.17. The normalized spacial score (nSPS) is 22.5. The Balaban J connectivity index is 1.82. The van der Waals surface area contributed by atoms with Crippen LogP contribution in [0.1, 0.15) is 13.3 Å². The second-order valence-corrected chi connectivity index (χ2v) is 3.38. The monoisotopic (exact) mass is 203 g/mol. The Morgan fingerprint density at radius 3 is 3.00 bits per heavy atom. The van der Waals surface area contributed by atoms with E-state index in [4.69, 9.17) is 14.2 Å². The van der Waals surface area contributed by atoms with Gasteiger partial charge in [0.1, 0.15) is 0 Å². The zero-order valence-electron chi connectivity index (χ0n) is 8.96. The van der Waals surface area contributed by atoms with Gasteiger partial charge in [0.2, 0.25) is 0 Å². The lowest BCUT2D eigenvalue weighted by Gasteiger charge is -2.23. The lowest BCUT2D eigenvalue weighted by Crippen LogP contribution is -2.38. The quantitative estimate of drug-likeness (QED) is 0.609. The number of nitrogens with one attached hydrogen (secondary N) is 1. The molecule has 1 aliphatic heterocycles. The van der Waals surface area contributed by atoms with Crippen LogP contribution in [0.2, 0.25) is 0 Å². The Hall–Kier alpha value is -0.160. The number of ether oxygens (including phenoxy) is 3. The summed E-state index contributed by atoms with van der Waals surface area (Å²) in [5, 5.41) is 3.28. The van der Waals surface area contributed by atoms with Crippen molar-refractivity contribution in [3.8, 4) is 0 Å². The van der Waals surface area contributed by atoms with Crippen molar-refractivity contribution in [1.82, 2.24) is 5.32 Å². The van der Waals surface area contributed by atoms with Crippen LogP contribution < -0.4 is 5.32 Å². The number of rotatable bonds is 7. The van der Waals surface area contributed by atoms with Gasteiger partial charge in [0.05, 0.1) is 32.5 Å². The highest BCUT2D eigenvalue weighted by molar-refractivity contribution is 4.63. The van der Waals surface area contributed by atoms with Crippen molar-refractivity contribution in [3.63, 3.8) is 0 Å². The molecule has 0 aliphatic carbocycles. The molecule has 84 valence electrons. The maximum atomic E-state index is 5.48. The van der Waals surface area contributed by atoms with Crippen LogP contribution >= 0.6 is 0 Å². The largest absolute Gasteiger partial charge is 0.380 e. The van der Waals surface area contributed by atoms with Gasteiger partial charge in [-0.1, -0.05) is 6.92 Å². The Bertz CT molecular complexity index is 127. The number of hydrogen-bond acceptors (Lipinski definition) is 4. The molecule has 1 heterocycles. The fourth-order valence-electron chi connectivity index (χ4n) is 1.31. The molecular formula is C10H21NO3.